The molecule has 0 aromatic carbocycles. The predicted octanol–water partition coefficient (Wildman–Crippen LogP) is 0.974. The van der Waals surface area contributed by atoms with E-state index in [2.05, 4.69) is 23.3 Å². The highest BCUT2D eigenvalue weighted by atomic mass is 15.2. The molecule has 3 nitrogen and oxygen atoms in total. The van der Waals surface area contributed by atoms with Gasteiger partial charge in [-0.2, -0.15) is 5.26 Å². The van der Waals surface area contributed by atoms with Gasteiger partial charge in [0.15, 0.2) is 0 Å². The zero-order valence-electron chi connectivity index (χ0n) is 8.42. The van der Waals surface area contributed by atoms with Gasteiger partial charge in [-0.3, -0.25) is 0 Å². The first-order valence-electron chi connectivity index (χ1n) is 5.12. The molecule has 1 unspecified atom stereocenters. The number of rotatable bonds is 5. The standard InChI is InChI=1S/C10H19N3/c1-13(8-4-2-3-6-11)10-5-7-12-9-10/h10,12H,2-5,7-9H2,1H3. The quantitative estimate of drug-likeness (QED) is 0.642. The van der Waals surface area contributed by atoms with Crippen LogP contribution in [-0.2, 0) is 0 Å². The number of hydrogen-bond donors (Lipinski definition) is 1. The summed E-state index contributed by atoms with van der Waals surface area (Å²) >= 11 is 0. The minimum atomic E-state index is 0.705. The van der Waals surface area contributed by atoms with Gasteiger partial charge >= 0.3 is 0 Å². The van der Waals surface area contributed by atoms with Crippen LogP contribution in [0.4, 0.5) is 0 Å². The van der Waals surface area contributed by atoms with Crippen LogP contribution < -0.4 is 5.32 Å². The summed E-state index contributed by atoms with van der Waals surface area (Å²) in [7, 11) is 2.18. The third-order valence-electron chi connectivity index (χ3n) is 2.71. The predicted molar refractivity (Wildman–Crippen MR) is 53.4 cm³/mol. The Hall–Kier alpha value is -0.590. The van der Waals surface area contributed by atoms with Crippen LogP contribution in [0.3, 0.4) is 0 Å². The molecule has 0 saturated carbocycles. The van der Waals surface area contributed by atoms with Gasteiger partial charge in [0.25, 0.3) is 0 Å². The van der Waals surface area contributed by atoms with Gasteiger partial charge in [-0.25, -0.2) is 0 Å². The first kappa shape index (κ1) is 10.5. The molecule has 0 aromatic rings. The van der Waals surface area contributed by atoms with Crippen LogP contribution in [-0.4, -0.2) is 37.6 Å². The summed E-state index contributed by atoms with van der Waals surface area (Å²) in [4.78, 5) is 2.41. The Morgan fingerprint density at radius 3 is 3.00 bits per heavy atom. The smallest absolute Gasteiger partial charge is 0.0621 e. The molecule has 0 aromatic heterocycles. The van der Waals surface area contributed by atoms with Crippen molar-refractivity contribution in [2.45, 2.75) is 31.7 Å². The molecule has 0 aliphatic carbocycles. The SMILES string of the molecule is CN(CCCCC#N)C1CCNC1. The highest BCUT2D eigenvalue weighted by Crippen LogP contribution is 2.07. The van der Waals surface area contributed by atoms with Crippen LogP contribution in [0.1, 0.15) is 25.7 Å². The van der Waals surface area contributed by atoms with Crippen molar-refractivity contribution in [1.82, 2.24) is 10.2 Å². The largest absolute Gasteiger partial charge is 0.315 e. The minimum Gasteiger partial charge on any atom is -0.315 e. The van der Waals surface area contributed by atoms with Crippen molar-refractivity contribution >= 4 is 0 Å². The van der Waals surface area contributed by atoms with Crippen molar-refractivity contribution in [3.8, 4) is 6.07 Å². The molecule has 1 heterocycles. The zero-order valence-corrected chi connectivity index (χ0v) is 8.42. The van der Waals surface area contributed by atoms with E-state index in [1.165, 1.54) is 6.42 Å². The van der Waals surface area contributed by atoms with Crippen molar-refractivity contribution in [2.24, 2.45) is 0 Å². The van der Waals surface area contributed by atoms with Gasteiger partial charge in [-0.15, -0.1) is 0 Å². The maximum absolute atomic E-state index is 8.37. The maximum atomic E-state index is 8.37. The molecule has 1 atom stereocenters. The molecule has 1 aliphatic rings. The molecule has 1 rings (SSSR count). The van der Waals surface area contributed by atoms with Crippen LogP contribution in [0.2, 0.25) is 0 Å². The van der Waals surface area contributed by atoms with Gasteiger partial charge in [0.1, 0.15) is 0 Å². The first-order chi connectivity index (χ1) is 6.34. The second-order valence-electron chi connectivity index (χ2n) is 3.74. The number of nitriles is 1. The van der Waals surface area contributed by atoms with Crippen LogP contribution >= 0.6 is 0 Å². The second kappa shape index (κ2) is 5.95. The Labute approximate surface area is 80.7 Å². The maximum Gasteiger partial charge on any atom is 0.0621 e. The van der Waals surface area contributed by atoms with Gasteiger partial charge in [-0.05, 0) is 39.4 Å². The zero-order chi connectivity index (χ0) is 9.52. The van der Waals surface area contributed by atoms with E-state index in [0.717, 1.165) is 38.5 Å². The number of nitrogens with zero attached hydrogens (tertiary/aromatic N) is 2. The van der Waals surface area contributed by atoms with Gasteiger partial charge in [-0.1, -0.05) is 0 Å². The van der Waals surface area contributed by atoms with Gasteiger partial charge in [0, 0.05) is 19.0 Å². The summed E-state index contributed by atoms with van der Waals surface area (Å²) in [6.07, 6.45) is 4.17. The van der Waals surface area contributed by atoms with E-state index in [4.69, 9.17) is 5.26 Å². The Bertz CT molecular complexity index is 167. The Balaban J connectivity index is 2.03. The van der Waals surface area contributed by atoms with Crippen LogP contribution in [0.25, 0.3) is 0 Å². The molecule has 0 amide bonds. The number of unbranched alkanes of at least 4 members (excludes halogenated alkanes) is 2. The summed E-state index contributed by atoms with van der Waals surface area (Å²) in [6, 6.07) is 2.90. The second-order valence-corrected chi connectivity index (χ2v) is 3.74. The van der Waals surface area contributed by atoms with E-state index >= 15 is 0 Å². The summed E-state index contributed by atoms with van der Waals surface area (Å²) in [5.41, 5.74) is 0. The van der Waals surface area contributed by atoms with E-state index < -0.39 is 0 Å². The summed E-state index contributed by atoms with van der Waals surface area (Å²) in [5, 5.41) is 11.7. The number of nitrogens with one attached hydrogen (secondary N) is 1. The van der Waals surface area contributed by atoms with Crippen molar-refractivity contribution < 1.29 is 0 Å². The van der Waals surface area contributed by atoms with Crippen molar-refractivity contribution in [1.29, 1.82) is 5.26 Å². The van der Waals surface area contributed by atoms with Gasteiger partial charge in [0.2, 0.25) is 0 Å². The fourth-order valence-corrected chi connectivity index (χ4v) is 1.76. The fourth-order valence-electron chi connectivity index (χ4n) is 1.76. The summed E-state index contributed by atoms with van der Waals surface area (Å²) < 4.78 is 0. The Kier molecular flexibility index (Phi) is 4.81. The first-order valence-corrected chi connectivity index (χ1v) is 5.12. The Morgan fingerprint density at radius 1 is 1.54 bits per heavy atom. The van der Waals surface area contributed by atoms with Crippen molar-refractivity contribution in [3.63, 3.8) is 0 Å². The molecule has 74 valence electrons. The van der Waals surface area contributed by atoms with E-state index in [1.807, 2.05) is 0 Å². The molecule has 0 radical (unpaired) electrons. The molecule has 3 heteroatoms. The van der Waals surface area contributed by atoms with E-state index in [9.17, 15) is 0 Å². The fraction of sp³-hybridized carbons (Fsp3) is 0.900. The van der Waals surface area contributed by atoms with Crippen LogP contribution in [0.15, 0.2) is 0 Å². The van der Waals surface area contributed by atoms with Crippen molar-refractivity contribution in [2.75, 3.05) is 26.7 Å². The molecule has 13 heavy (non-hydrogen) atoms. The lowest BCUT2D eigenvalue weighted by Gasteiger charge is -2.22. The Morgan fingerprint density at radius 2 is 2.38 bits per heavy atom. The monoisotopic (exact) mass is 181 g/mol. The highest BCUT2D eigenvalue weighted by molar-refractivity contribution is 4.78. The molecular formula is C10H19N3. The third kappa shape index (κ3) is 3.75. The average Bonchev–Trinajstić information content (AvgIpc) is 2.65. The normalized spacial score (nSPS) is 22.1. The molecule has 1 saturated heterocycles. The molecule has 1 N–H and O–H groups in total. The van der Waals surface area contributed by atoms with Crippen LogP contribution in [0, 0.1) is 11.3 Å². The van der Waals surface area contributed by atoms with Crippen LogP contribution in [0.5, 0.6) is 0 Å². The summed E-state index contributed by atoms with van der Waals surface area (Å²) in [5.74, 6) is 0. The topological polar surface area (TPSA) is 39.1 Å². The van der Waals surface area contributed by atoms with Gasteiger partial charge in [0.05, 0.1) is 6.07 Å². The van der Waals surface area contributed by atoms with E-state index in [-0.39, 0.29) is 0 Å². The lowest BCUT2D eigenvalue weighted by molar-refractivity contribution is 0.252. The lowest BCUT2D eigenvalue weighted by atomic mass is 10.2. The summed E-state index contributed by atoms with van der Waals surface area (Å²) in [6.45, 7) is 3.43. The molecule has 0 spiro atoms. The molecule has 1 aliphatic heterocycles. The highest BCUT2D eigenvalue weighted by Gasteiger charge is 2.17. The van der Waals surface area contributed by atoms with E-state index in [0.29, 0.717) is 6.42 Å². The average molecular weight is 181 g/mol. The number of hydrogen-bond acceptors (Lipinski definition) is 3. The lowest BCUT2D eigenvalue weighted by Crippen LogP contribution is -2.34. The van der Waals surface area contributed by atoms with E-state index in [1.54, 1.807) is 0 Å². The molecule has 1 fully saturated rings. The van der Waals surface area contributed by atoms with Gasteiger partial charge < -0.3 is 10.2 Å². The molecular weight excluding hydrogens is 162 g/mol. The number of likely N-dealkylation sites (N-methyl/N-ethyl adjacent to an activating group) is 1. The molecule has 0 bridgehead atoms. The van der Waals surface area contributed by atoms with Crippen molar-refractivity contribution in [3.05, 3.63) is 0 Å². The minimum absolute atomic E-state index is 0.705. The third-order valence-corrected chi connectivity index (χ3v) is 2.71.